The molecule has 2 rings (SSSR count). The van der Waals surface area contributed by atoms with Crippen molar-refractivity contribution in [2.24, 2.45) is 0 Å². The number of carbonyl (C=O) groups is 2. The van der Waals surface area contributed by atoms with Crippen LogP contribution >= 0.6 is 46.4 Å². The zero-order valence-corrected chi connectivity index (χ0v) is 19.5. The number of halogens is 4. The molecule has 0 radical (unpaired) electrons. The highest BCUT2D eigenvalue weighted by molar-refractivity contribution is 6.40. The lowest BCUT2D eigenvalue weighted by Crippen LogP contribution is -2.25. The van der Waals surface area contributed by atoms with E-state index in [-0.39, 0.29) is 11.8 Å². The summed E-state index contributed by atoms with van der Waals surface area (Å²) in [4.78, 5) is 24.3. The summed E-state index contributed by atoms with van der Waals surface area (Å²) in [6.07, 6.45) is 5.92. The van der Waals surface area contributed by atoms with Crippen LogP contribution in [0.5, 0.6) is 0 Å². The highest BCUT2D eigenvalue weighted by Crippen LogP contribution is 2.24. The summed E-state index contributed by atoms with van der Waals surface area (Å²) in [5.41, 5.74) is 0.641. The van der Waals surface area contributed by atoms with E-state index in [1.54, 1.807) is 36.4 Å². The number of benzene rings is 2. The standard InChI is InChI=1S/C22H24Cl4N2O2/c23-15-9-7-10-16(24)19(15)21(29)27-13-5-3-1-2-4-6-14-28-22(30)20-17(25)11-8-12-18(20)26/h7-12H,1-6,13-14H2,(H,27,29)(H,28,30). The van der Waals surface area contributed by atoms with Crippen LogP contribution in [-0.4, -0.2) is 24.9 Å². The molecule has 0 bridgehead atoms. The molecule has 0 saturated carbocycles. The molecule has 0 saturated heterocycles. The van der Waals surface area contributed by atoms with Gasteiger partial charge in [0.15, 0.2) is 0 Å². The lowest BCUT2D eigenvalue weighted by atomic mass is 10.1. The van der Waals surface area contributed by atoms with E-state index >= 15 is 0 Å². The predicted octanol–water partition coefficient (Wildman–Crippen LogP) is 6.80. The number of hydrogen-bond acceptors (Lipinski definition) is 2. The maximum Gasteiger partial charge on any atom is 0.254 e. The molecule has 0 fully saturated rings. The number of rotatable bonds is 11. The summed E-state index contributed by atoms with van der Waals surface area (Å²) in [6.45, 7) is 1.16. The molecule has 30 heavy (non-hydrogen) atoms. The molecule has 4 nitrogen and oxygen atoms in total. The Morgan fingerprint density at radius 2 is 0.867 bits per heavy atom. The van der Waals surface area contributed by atoms with Gasteiger partial charge in [0.2, 0.25) is 0 Å². The first-order valence-electron chi connectivity index (χ1n) is 9.86. The Morgan fingerprint density at radius 3 is 1.20 bits per heavy atom. The summed E-state index contributed by atoms with van der Waals surface area (Å²) in [7, 11) is 0. The average Bonchev–Trinajstić information content (AvgIpc) is 2.69. The summed E-state index contributed by atoms with van der Waals surface area (Å²) in [5.74, 6) is -0.500. The molecule has 0 spiro atoms. The van der Waals surface area contributed by atoms with Gasteiger partial charge in [0.25, 0.3) is 11.8 Å². The maximum absolute atomic E-state index is 12.2. The fourth-order valence-electron chi connectivity index (χ4n) is 2.97. The van der Waals surface area contributed by atoms with E-state index in [9.17, 15) is 9.59 Å². The SMILES string of the molecule is O=C(NCCCCCCCCNC(=O)c1c(Cl)cccc1Cl)c1c(Cl)cccc1Cl. The topological polar surface area (TPSA) is 58.2 Å². The quantitative estimate of drug-likeness (QED) is 0.341. The first-order chi connectivity index (χ1) is 14.4. The van der Waals surface area contributed by atoms with Crippen LogP contribution in [-0.2, 0) is 0 Å². The Morgan fingerprint density at radius 1 is 0.567 bits per heavy atom. The molecule has 2 N–H and O–H groups in total. The fraction of sp³-hybridized carbons (Fsp3) is 0.364. The highest BCUT2D eigenvalue weighted by atomic mass is 35.5. The van der Waals surface area contributed by atoms with Gasteiger partial charge >= 0.3 is 0 Å². The Bertz CT molecular complexity index is 762. The lowest BCUT2D eigenvalue weighted by Gasteiger charge is -2.09. The Labute approximate surface area is 197 Å². The normalized spacial score (nSPS) is 10.7. The molecule has 0 unspecified atom stereocenters. The monoisotopic (exact) mass is 488 g/mol. The van der Waals surface area contributed by atoms with Gasteiger partial charge in [0, 0.05) is 13.1 Å². The smallest absolute Gasteiger partial charge is 0.254 e. The second-order valence-electron chi connectivity index (χ2n) is 6.83. The Balaban J connectivity index is 1.52. The zero-order chi connectivity index (χ0) is 21.9. The third-order valence-corrected chi connectivity index (χ3v) is 5.81. The fourth-order valence-corrected chi connectivity index (χ4v) is 4.11. The van der Waals surface area contributed by atoms with Crippen LogP contribution in [0.15, 0.2) is 36.4 Å². The first kappa shape index (κ1) is 24.8. The molecule has 0 atom stereocenters. The Hall–Kier alpha value is -1.46. The van der Waals surface area contributed by atoms with Crippen LogP contribution in [0.25, 0.3) is 0 Å². The van der Waals surface area contributed by atoms with E-state index in [0.717, 1.165) is 38.5 Å². The molecule has 162 valence electrons. The second kappa shape index (κ2) is 13.1. The summed E-state index contributed by atoms with van der Waals surface area (Å²) in [5, 5.41) is 7.11. The van der Waals surface area contributed by atoms with Crippen LogP contribution in [0.4, 0.5) is 0 Å². The molecule has 2 amide bonds. The van der Waals surface area contributed by atoms with E-state index < -0.39 is 0 Å². The van der Waals surface area contributed by atoms with Gasteiger partial charge in [-0.2, -0.15) is 0 Å². The van der Waals surface area contributed by atoms with Crippen molar-refractivity contribution in [1.29, 1.82) is 0 Å². The van der Waals surface area contributed by atoms with Crippen molar-refractivity contribution in [3.8, 4) is 0 Å². The number of unbranched alkanes of at least 4 members (excludes halogenated alkanes) is 5. The van der Waals surface area contributed by atoms with Crippen LogP contribution < -0.4 is 10.6 Å². The molecule has 0 aliphatic carbocycles. The Kier molecular flexibility index (Phi) is 10.8. The van der Waals surface area contributed by atoms with Gasteiger partial charge in [-0.1, -0.05) is 84.2 Å². The number of amides is 2. The van der Waals surface area contributed by atoms with Gasteiger partial charge in [-0.3, -0.25) is 9.59 Å². The molecule has 8 heteroatoms. The van der Waals surface area contributed by atoms with Crippen LogP contribution in [0.1, 0.15) is 59.2 Å². The van der Waals surface area contributed by atoms with E-state index in [2.05, 4.69) is 10.6 Å². The molecular weight excluding hydrogens is 466 g/mol. The third-order valence-electron chi connectivity index (χ3n) is 4.55. The molecule has 2 aromatic carbocycles. The molecule has 2 aromatic rings. The molecule has 0 heterocycles. The summed E-state index contributed by atoms with van der Waals surface area (Å²) in [6, 6.07) is 10.0. The minimum Gasteiger partial charge on any atom is -0.352 e. The average molecular weight is 490 g/mol. The van der Waals surface area contributed by atoms with Crippen molar-refractivity contribution < 1.29 is 9.59 Å². The lowest BCUT2D eigenvalue weighted by molar-refractivity contribution is 0.0944. The second-order valence-corrected chi connectivity index (χ2v) is 8.46. The van der Waals surface area contributed by atoms with Gasteiger partial charge in [-0.05, 0) is 37.1 Å². The van der Waals surface area contributed by atoms with E-state index in [4.69, 9.17) is 46.4 Å². The summed E-state index contributed by atoms with van der Waals surface area (Å²) >= 11 is 24.1. The zero-order valence-electron chi connectivity index (χ0n) is 16.4. The van der Waals surface area contributed by atoms with E-state index in [1.807, 2.05) is 0 Å². The van der Waals surface area contributed by atoms with Gasteiger partial charge in [0.1, 0.15) is 0 Å². The molecule has 0 aliphatic rings. The van der Waals surface area contributed by atoms with E-state index in [1.165, 1.54) is 0 Å². The van der Waals surface area contributed by atoms with Crippen molar-refractivity contribution in [3.63, 3.8) is 0 Å². The van der Waals surface area contributed by atoms with Crippen LogP contribution in [0.2, 0.25) is 20.1 Å². The molecular formula is C22H24Cl4N2O2. The summed E-state index contributed by atoms with van der Waals surface area (Å²) < 4.78 is 0. The third kappa shape index (κ3) is 7.66. The highest BCUT2D eigenvalue weighted by Gasteiger charge is 2.14. The number of nitrogens with one attached hydrogen (secondary N) is 2. The predicted molar refractivity (Wildman–Crippen MR) is 125 cm³/mol. The minimum atomic E-state index is -0.250. The molecule has 0 aromatic heterocycles. The van der Waals surface area contributed by atoms with Crippen LogP contribution in [0, 0.1) is 0 Å². The van der Waals surface area contributed by atoms with Gasteiger partial charge < -0.3 is 10.6 Å². The van der Waals surface area contributed by atoms with Gasteiger partial charge in [0.05, 0.1) is 31.2 Å². The van der Waals surface area contributed by atoms with Crippen molar-refractivity contribution in [3.05, 3.63) is 67.6 Å². The number of carbonyl (C=O) groups excluding carboxylic acids is 2. The maximum atomic E-state index is 12.2. The number of hydrogen-bond donors (Lipinski definition) is 2. The largest absolute Gasteiger partial charge is 0.352 e. The van der Waals surface area contributed by atoms with Crippen molar-refractivity contribution >= 4 is 58.2 Å². The van der Waals surface area contributed by atoms with Gasteiger partial charge in [-0.15, -0.1) is 0 Å². The minimum absolute atomic E-state index is 0.250. The van der Waals surface area contributed by atoms with Crippen molar-refractivity contribution in [1.82, 2.24) is 10.6 Å². The van der Waals surface area contributed by atoms with Crippen LogP contribution in [0.3, 0.4) is 0 Å². The van der Waals surface area contributed by atoms with E-state index in [0.29, 0.717) is 44.3 Å². The van der Waals surface area contributed by atoms with Crippen molar-refractivity contribution in [2.75, 3.05) is 13.1 Å². The van der Waals surface area contributed by atoms with Gasteiger partial charge in [-0.25, -0.2) is 0 Å². The first-order valence-corrected chi connectivity index (χ1v) is 11.4. The van der Waals surface area contributed by atoms with Crippen molar-refractivity contribution in [2.45, 2.75) is 38.5 Å². The molecule has 0 aliphatic heterocycles.